The SMILES string of the molecule is Cc1nc(N2C(=O)C(=O)C(=C(O)c3ccccc3)C2c2ccc(Cl)cc2)sc1C. The van der Waals surface area contributed by atoms with Crippen molar-refractivity contribution in [3.05, 3.63) is 86.9 Å². The van der Waals surface area contributed by atoms with Crippen LogP contribution in [0.3, 0.4) is 0 Å². The van der Waals surface area contributed by atoms with Gasteiger partial charge in [-0.25, -0.2) is 4.98 Å². The smallest absolute Gasteiger partial charge is 0.301 e. The van der Waals surface area contributed by atoms with Gasteiger partial charge in [-0.15, -0.1) is 11.3 Å². The molecule has 2 heterocycles. The summed E-state index contributed by atoms with van der Waals surface area (Å²) in [5, 5.41) is 11.9. The number of Topliss-reactive ketones (excluding diaryl/α,β-unsaturated/α-hetero) is 1. The lowest BCUT2D eigenvalue weighted by molar-refractivity contribution is -0.132. The molecule has 29 heavy (non-hydrogen) atoms. The Hall–Kier alpha value is -2.96. The zero-order valence-corrected chi connectivity index (χ0v) is 17.3. The molecule has 146 valence electrons. The predicted octanol–water partition coefficient (Wildman–Crippen LogP) is 5.04. The Labute approximate surface area is 176 Å². The number of aromatic nitrogens is 1. The highest BCUT2D eigenvalue weighted by Gasteiger charge is 2.48. The molecule has 1 saturated heterocycles. The third-order valence-electron chi connectivity index (χ3n) is 4.90. The van der Waals surface area contributed by atoms with Gasteiger partial charge < -0.3 is 5.11 Å². The number of halogens is 1. The van der Waals surface area contributed by atoms with Crippen LogP contribution in [-0.4, -0.2) is 21.8 Å². The Bertz CT molecular complexity index is 1120. The van der Waals surface area contributed by atoms with Crippen LogP contribution in [0.4, 0.5) is 5.13 Å². The van der Waals surface area contributed by atoms with Crippen LogP contribution in [0.25, 0.3) is 5.76 Å². The Morgan fingerprint density at radius 3 is 2.31 bits per heavy atom. The van der Waals surface area contributed by atoms with Crippen LogP contribution < -0.4 is 4.90 Å². The summed E-state index contributed by atoms with van der Waals surface area (Å²) < 4.78 is 0. The van der Waals surface area contributed by atoms with Gasteiger partial charge in [-0.3, -0.25) is 14.5 Å². The summed E-state index contributed by atoms with van der Waals surface area (Å²) in [7, 11) is 0. The molecule has 1 atom stereocenters. The van der Waals surface area contributed by atoms with Crippen molar-refractivity contribution in [1.82, 2.24) is 4.98 Å². The molecule has 3 aromatic rings. The number of anilines is 1. The van der Waals surface area contributed by atoms with Gasteiger partial charge in [-0.05, 0) is 31.5 Å². The van der Waals surface area contributed by atoms with Gasteiger partial charge in [0.25, 0.3) is 5.78 Å². The van der Waals surface area contributed by atoms with E-state index in [-0.39, 0.29) is 11.3 Å². The van der Waals surface area contributed by atoms with Crippen molar-refractivity contribution in [3.8, 4) is 0 Å². The highest BCUT2D eigenvalue weighted by atomic mass is 35.5. The number of ketones is 1. The number of aliphatic hydroxyl groups is 1. The fourth-order valence-corrected chi connectivity index (χ4v) is 4.36. The van der Waals surface area contributed by atoms with Crippen molar-refractivity contribution < 1.29 is 14.7 Å². The van der Waals surface area contributed by atoms with Crippen molar-refractivity contribution in [2.45, 2.75) is 19.9 Å². The lowest BCUT2D eigenvalue weighted by atomic mass is 9.95. The average Bonchev–Trinajstić information content (AvgIpc) is 3.18. The zero-order chi connectivity index (χ0) is 20.7. The average molecular weight is 425 g/mol. The van der Waals surface area contributed by atoms with E-state index in [0.29, 0.717) is 21.3 Å². The van der Waals surface area contributed by atoms with E-state index in [9.17, 15) is 14.7 Å². The highest BCUT2D eigenvalue weighted by molar-refractivity contribution is 7.16. The molecule has 0 radical (unpaired) electrons. The molecule has 7 heteroatoms. The van der Waals surface area contributed by atoms with Crippen molar-refractivity contribution in [2.75, 3.05) is 4.90 Å². The van der Waals surface area contributed by atoms with Crippen molar-refractivity contribution in [2.24, 2.45) is 0 Å². The first kappa shape index (κ1) is 19.4. The van der Waals surface area contributed by atoms with Crippen LogP contribution in [0, 0.1) is 13.8 Å². The summed E-state index contributed by atoms with van der Waals surface area (Å²) in [5.74, 6) is -1.66. The van der Waals surface area contributed by atoms with Crippen molar-refractivity contribution in [1.29, 1.82) is 0 Å². The van der Waals surface area contributed by atoms with E-state index >= 15 is 0 Å². The molecular formula is C22H17ClN2O3S. The molecule has 5 nitrogen and oxygen atoms in total. The molecule has 1 aliphatic rings. The van der Waals surface area contributed by atoms with Crippen LogP contribution >= 0.6 is 22.9 Å². The van der Waals surface area contributed by atoms with Gasteiger partial charge in [-0.2, -0.15) is 0 Å². The third kappa shape index (κ3) is 3.34. The van der Waals surface area contributed by atoms with Crippen LogP contribution in [0.15, 0.2) is 60.2 Å². The molecule has 1 amide bonds. The van der Waals surface area contributed by atoms with Gasteiger partial charge in [0.2, 0.25) is 0 Å². The summed E-state index contributed by atoms with van der Waals surface area (Å²) in [6, 6.07) is 14.8. The maximum absolute atomic E-state index is 13.0. The number of hydrogen-bond acceptors (Lipinski definition) is 5. The van der Waals surface area contributed by atoms with Gasteiger partial charge in [-0.1, -0.05) is 54.1 Å². The van der Waals surface area contributed by atoms with Gasteiger partial charge in [0, 0.05) is 15.5 Å². The predicted molar refractivity (Wildman–Crippen MR) is 114 cm³/mol. The first-order chi connectivity index (χ1) is 13.9. The molecular weight excluding hydrogens is 408 g/mol. The second-order valence-corrected chi connectivity index (χ2v) is 8.34. The maximum atomic E-state index is 13.0. The lowest BCUT2D eigenvalue weighted by Crippen LogP contribution is -2.29. The molecule has 4 rings (SSSR count). The number of rotatable bonds is 3. The standard InChI is InChI=1S/C22H17ClN2O3S/c1-12-13(2)29-22(24-12)25-18(14-8-10-16(23)11-9-14)17(20(27)21(25)28)19(26)15-6-4-3-5-7-15/h3-11,18,26H,1-2H3. The fourth-order valence-electron chi connectivity index (χ4n) is 3.30. The van der Waals surface area contributed by atoms with E-state index in [2.05, 4.69) is 4.98 Å². The summed E-state index contributed by atoms with van der Waals surface area (Å²) in [5.41, 5.74) is 1.96. The lowest BCUT2D eigenvalue weighted by Gasteiger charge is -2.23. The van der Waals surface area contributed by atoms with E-state index in [1.165, 1.54) is 16.2 Å². The molecule has 1 N–H and O–H groups in total. The minimum Gasteiger partial charge on any atom is -0.507 e. The maximum Gasteiger partial charge on any atom is 0.301 e. The van der Waals surface area contributed by atoms with Gasteiger partial charge in [0.1, 0.15) is 5.76 Å². The van der Waals surface area contributed by atoms with Crippen molar-refractivity contribution in [3.63, 3.8) is 0 Å². The van der Waals surface area contributed by atoms with Crippen molar-refractivity contribution >= 4 is 45.5 Å². The normalized spacial score (nSPS) is 18.4. The molecule has 1 fully saturated rings. The van der Waals surface area contributed by atoms with Gasteiger partial charge >= 0.3 is 5.91 Å². The quantitative estimate of drug-likeness (QED) is 0.363. The number of amides is 1. The third-order valence-corrected chi connectivity index (χ3v) is 6.22. The van der Waals surface area contributed by atoms with Gasteiger partial charge in [0.15, 0.2) is 5.13 Å². The first-order valence-electron chi connectivity index (χ1n) is 8.94. The fraction of sp³-hybridized carbons (Fsp3) is 0.136. The monoisotopic (exact) mass is 424 g/mol. The minimum absolute atomic E-state index is 0.0361. The van der Waals surface area contributed by atoms with Crippen LogP contribution in [0.5, 0.6) is 0 Å². The van der Waals surface area contributed by atoms with Crippen LogP contribution in [0.1, 0.15) is 27.7 Å². The van der Waals surface area contributed by atoms with E-state index in [0.717, 1.165) is 10.6 Å². The number of thiazole rings is 1. The molecule has 0 bridgehead atoms. The number of nitrogens with zero attached hydrogens (tertiary/aromatic N) is 2. The Morgan fingerprint density at radius 2 is 1.72 bits per heavy atom. The molecule has 1 unspecified atom stereocenters. The van der Waals surface area contributed by atoms with E-state index < -0.39 is 17.7 Å². The Balaban J connectivity index is 1.95. The number of carbonyl (C=O) groups excluding carboxylic acids is 2. The van der Waals surface area contributed by atoms with Crippen LogP contribution in [0.2, 0.25) is 5.02 Å². The number of benzene rings is 2. The second-order valence-electron chi connectivity index (χ2n) is 6.72. The highest BCUT2D eigenvalue weighted by Crippen LogP contribution is 2.43. The molecule has 1 aromatic heterocycles. The topological polar surface area (TPSA) is 70.5 Å². The molecule has 2 aromatic carbocycles. The Kier molecular flexibility index (Phi) is 4.98. The number of hydrogen-bond donors (Lipinski definition) is 1. The van der Waals surface area contributed by atoms with E-state index in [4.69, 9.17) is 11.6 Å². The number of aliphatic hydroxyl groups excluding tert-OH is 1. The number of carbonyl (C=O) groups is 2. The molecule has 0 spiro atoms. The molecule has 0 aliphatic carbocycles. The largest absolute Gasteiger partial charge is 0.507 e. The summed E-state index contributed by atoms with van der Waals surface area (Å²) in [6.07, 6.45) is 0. The van der Waals surface area contributed by atoms with E-state index in [1.54, 1.807) is 48.5 Å². The summed E-state index contributed by atoms with van der Waals surface area (Å²) in [4.78, 5) is 32.8. The minimum atomic E-state index is -0.794. The zero-order valence-electron chi connectivity index (χ0n) is 15.7. The second kappa shape index (κ2) is 7.46. The van der Waals surface area contributed by atoms with Crippen LogP contribution in [-0.2, 0) is 9.59 Å². The van der Waals surface area contributed by atoms with Gasteiger partial charge in [0.05, 0.1) is 17.3 Å². The summed E-state index contributed by atoms with van der Waals surface area (Å²) >= 11 is 7.37. The Morgan fingerprint density at radius 1 is 1.07 bits per heavy atom. The molecule has 1 aliphatic heterocycles. The molecule has 0 saturated carbocycles. The first-order valence-corrected chi connectivity index (χ1v) is 10.1. The summed E-state index contributed by atoms with van der Waals surface area (Å²) in [6.45, 7) is 3.77. The van der Waals surface area contributed by atoms with E-state index in [1.807, 2.05) is 19.9 Å². The number of aryl methyl sites for hydroxylation is 2.